The maximum absolute atomic E-state index is 12.9. The van der Waals surface area contributed by atoms with Crippen LogP contribution in [-0.4, -0.2) is 57.3 Å². The largest absolute Gasteiger partial charge is 0.493 e. The van der Waals surface area contributed by atoms with Crippen molar-refractivity contribution >= 4 is 10.0 Å². The van der Waals surface area contributed by atoms with Crippen LogP contribution in [0.4, 0.5) is 0 Å². The number of nitrogens with one attached hydrogen (secondary N) is 1. The Kier molecular flexibility index (Phi) is 7.34. The first-order valence-electron chi connectivity index (χ1n) is 10.1. The third-order valence-corrected chi connectivity index (χ3v) is 6.62. The molecular weight excluding hydrogens is 390 g/mol. The first-order valence-corrected chi connectivity index (χ1v) is 11.6. The number of hydrogen-bond acceptors (Lipinski definition) is 5. The molecule has 1 aliphatic rings. The molecule has 0 radical (unpaired) electrons. The van der Waals surface area contributed by atoms with Crippen molar-refractivity contribution in [1.82, 2.24) is 14.2 Å². The molecule has 1 saturated heterocycles. The van der Waals surface area contributed by atoms with Crippen molar-refractivity contribution in [3.8, 4) is 5.75 Å². The zero-order chi connectivity index (χ0) is 20.9. The predicted molar refractivity (Wildman–Crippen MR) is 113 cm³/mol. The van der Waals surface area contributed by atoms with Gasteiger partial charge in [0.15, 0.2) is 0 Å². The lowest BCUT2D eigenvalue weighted by Crippen LogP contribution is -2.44. The lowest BCUT2D eigenvalue weighted by molar-refractivity contribution is 0.0158. The number of rotatable bonds is 9. The Hall–Kier alpha value is -1.87. The van der Waals surface area contributed by atoms with E-state index in [1.807, 2.05) is 43.8 Å². The number of hydrogen-bond donors (Lipinski definition) is 1. The molecule has 1 aliphatic heterocycles. The second-order valence-corrected chi connectivity index (χ2v) is 9.10. The van der Waals surface area contributed by atoms with E-state index < -0.39 is 10.0 Å². The van der Waals surface area contributed by atoms with E-state index in [1.165, 1.54) is 0 Å². The summed E-state index contributed by atoms with van der Waals surface area (Å²) in [4.78, 5) is 2.53. The minimum atomic E-state index is -3.63. The van der Waals surface area contributed by atoms with Crippen molar-refractivity contribution in [2.45, 2.75) is 31.2 Å². The Morgan fingerprint density at radius 3 is 2.62 bits per heavy atom. The Labute approximate surface area is 173 Å². The first kappa shape index (κ1) is 21.8. The van der Waals surface area contributed by atoms with Crippen molar-refractivity contribution < 1.29 is 17.9 Å². The lowest BCUT2D eigenvalue weighted by atomic mass is 10.1. The standard InChI is InChI=1S/C21H31N3O4S/c1-4-12-28-21-8-7-18(15-17(21)2)29(25,26)22-16-20(19-6-5-9-23(19)3)24-10-13-27-14-11-24/h5-9,15,20,22H,4,10-14,16H2,1-3H3/t20-/m1/s1. The van der Waals surface area contributed by atoms with Gasteiger partial charge in [-0.15, -0.1) is 0 Å². The van der Waals surface area contributed by atoms with Gasteiger partial charge in [-0.2, -0.15) is 0 Å². The number of aromatic nitrogens is 1. The van der Waals surface area contributed by atoms with E-state index in [-0.39, 0.29) is 10.9 Å². The van der Waals surface area contributed by atoms with Gasteiger partial charge in [0.25, 0.3) is 0 Å². The van der Waals surface area contributed by atoms with Crippen LogP contribution >= 0.6 is 0 Å². The van der Waals surface area contributed by atoms with Crippen molar-refractivity contribution in [2.75, 3.05) is 39.5 Å². The molecule has 29 heavy (non-hydrogen) atoms. The summed E-state index contributed by atoms with van der Waals surface area (Å²) >= 11 is 0. The van der Waals surface area contributed by atoms with Gasteiger partial charge in [-0.25, -0.2) is 13.1 Å². The van der Waals surface area contributed by atoms with Gasteiger partial charge in [0.1, 0.15) is 5.75 Å². The fraction of sp³-hybridized carbons (Fsp3) is 0.524. The molecule has 0 aliphatic carbocycles. The van der Waals surface area contributed by atoms with Crippen LogP contribution in [-0.2, 0) is 21.8 Å². The number of morpholine rings is 1. The van der Waals surface area contributed by atoms with Gasteiger partial charge in [-0.1, -0.05) is 6.92 Å². The fourth-order valence-electron chi connectivity index (χ4n) is 3.57. The van der Waals surface area contributed by atoms with Crippen LogP contribution in [0.15, 0.2) is 41.4 Å². The predicted octanol–water partition coefficient (Wildman–Crippen LogP) is 2.47. The molecular formula is C21H31N3O4S. The van der Waals surface area contributed by atoms with Gasteiger partial charge in [-0.05, 0) is 49.2 Å². The van der Waals surface area contributed by atoms with E-state index in [0.717, 1.165) is 36.5 Å². The van der Waals surface area contributed by atoms with Crippen molar-refractivity contribution in [2.24, 2.45) is 7.05 Å². The first-order chi connectivity index (χ1) is 13.9. The zero-order valence-electron chi connectivity index (χ0n) is 17.4. The summed E-state index contributed by atoms with van der Waals surface area (Å²) in [6, 6.07) is 8.97. The average molecular weight is 422 g/mol. The Morgan fingerprint density at radius 1 is 1.24 bits per heavy atom. The summed E-state index contributed by atoms with van der Waals surface area (Å²) in [5.41, 5.74) is 1.89. The second kappa shape index (κ2) is 9.75. The quantitative estimate of drug-likeness (QED) is 0.673. The van der Waals surface area contributed by atoms with Crippen LogP contribution in [0.2, 0.25) is 0 Å². The highest BCUT2D eigenvalue weighted by Gasteiger charge is 2.26. The Balaban J connectivity index is 1.75. The number of benzene rings is 1. The normalized spacial score (nSPS) is 16.7. The molecule has 1 fully saturated rings. The van der Waals surface area contributed by atoms with Gasteiger partial charge in [0, 0.05) is 38.6 Å². The monoisotopic (exact) mass is 421 g/mol. The highest BCUT2D eigenvalue weighted by Crippen LogP contribution is 2.24. The van der Waals surface area contributed by atoms with Gasteiger partial charge in [0.05, 0.1) is 30.8 Å². The third-order valence-electron chi connectivity index (χ3n) is 5.20. The van der Waals surface area contributed by atoms with Crippen LogP contribution in [0, 0.1) is 6.92 Å². The van der Waals surface area contributed by atoms with E-state index in [2.05, 4.69) is 9.62 Å². The molecule has 1 aromatic heterocycles. The van der Waals surface area contributed by atoms with Crippen molar-refractivity contribution in [3.05, 3.63) is 47.8 Å². The molecule has 0 unspecified atom stereocenters. The van der Waals surface area contributed by atoms with E-state index in [9.17, 15) is 8.42 Å². The van der Waals surface area contributed by atoms with Crippen LogP contribution in [0.1, 0.15) is 30.6 Å². The van der Waals surface area contributed by atoms with E-state index in [0.29, 0.717) is 26.4 Å². The van der Waals surface area contributed by atoms with Gasteiger partial charge < -0.3 is 14.0 Å². The molecule has 2 aromatic rings. The molecule has 3 rings (SSSR count). The van der Waals surface area contributed by atoms with Crippen molar-refractivity contribution in [1.29, 1.82) is 0 Å². The number of sulfonamides is 1. The molecule has 160 valence electrons. The summed E-state index contributed by atoms with van der Waals surface area (Å²) in [5.74, 6) is 0.723. The minimum absolute atomic E-state index is 0.0538. The number of aryl methyl sites for hydroxylation is 2. The minimum Gasteiger partial charge on any atom is -0.493 e. The van der Waals surface area contributed by atoms with Crippen LogP contribution in [0.3, 0.4) is 0 Å². The van der Waals surface area contributed by atoms with Crippen LogP contribution < -0.4 is 9.46 Å². The molecule has 8 heteroatoms. The molecule has 0 bridgehead atoms. The molecule has 1 aromatic carbocycles. The third kappa shape index (κ3) is 5.39. The highest BCUT2D eigenvalue weighted by molar-refractivity contribution is 7.89. The second-order valence-electron chi connectivity index (χ2n) is 7.34. The molecule has 0 saturated carbocycles. The van der Waals surface area contributed by atoms with Gasteiger partial charge >= 0.3 is 0 Å². The maximum Gasteiger partial charge on any atom is 0.240 e. The summed E-state index contributed by atoms with van der Waals surface area (Å²) in [6.07, 6.45) is 2.89. The van der Waals surface area contributed by atoms with E-state index in [1.54, 1.807) is 18.2 Å². The Bertz CT molecular complexity index is 904. The summed E-state index contributed by atoms with van der Waals surface area (Å²) < 4.78 is 41.9. The van der Waals surface area contributed by atoms with Crippen molar-refractivity contribution in [3.63, 3.8) is 0 Å². The van der Waals surface area contributed by atoms with Gasteiger partial charge in [0.2, 0.25) is 10.0 Å². The topological polar surface area (TPSA) is 72.8 Å². The molecule has 1 atom stereocenters. The van der Waals surface area contributed by atoms with Gasteiger partial charge in [-0.3, -0.25) is 4.90 Å². The molecule has 0 spiro atoms. The number of nitrogens with zero attached hydrogens (tertiary/aromatic N) is 2. The highest BCUT2D eigenvalue weighted by atomic mass is 32.2. The lowest BCUT2D eigenvalue weighted by Gasteiger charge is -2.34. The smallest absolute Gasteiger partial charge is 0.240 e. The van der Waals surface area contributed by atoms with Crippen LogP contribution in [0.5, 0.6) is 5.75 Å². The fourth-order valence-corrected chi connectivity index (χ4v) is 4.69. The summed E-state index contributed by atoms with van der Waals surface area (Å²) in [7, 11) is -1.65. The number of ether oxygens (including phenoxy) is 2. The molecule has 1 N–H and O–H groups in total. The maximum atomic E-state index is 12.9. The van der Waals surface area contributed by atoms with Crippen LogP contribution in [0.25, 0.3) is 0 Å². The zero-order valence-corrected chi connectivity index (χ0v) is 18.2. The summed E-state index contributed by atoms with van der Waals surface area (Å²) in [5, 5.41) is 0. The SMILES string of the molecule is CCCOc1ccc(S(=O)(=O)NC[C@H](c2cccn2C)N2CCOCC2)cc1C. The summed E-state index contributed by atoms with van der Waals surface area (Å²) in [6.45, 7) is 7.69. The molecule has 7 nitrogen and oxygen atoms in total. The molecule has 0 amide bonds. The van der Waals surface area contributed by atoms with E-state index in [4.69, 9.17) is 9.47 Å². The Morgan fingerprint density at radius 2 is 2.00 bits per heavy atom. The average Bonchev–Trinajstić information content (AvgIpc) is 3.13. The molecule has 2 heterocycles. The van der Waals surface area contributed by atoms with E-state index >= 15 is 0 Å².